The Hall–Kier alpha value is -3.75. The third kappa shape index (κ3) is 3.73. The maximum Gasteiger partial charge on any atom is 0.0715 e. The predicted octanol–water partition coefficient (Wildman–Crippen LogP) is 9.15. The summed E-state index contributed by atoms with van der Waals surface area (Å²) in [7, 11) is 0. The van der Waals surface area contributed by atoms with Gasteiger partial charge in [-0.1, -0.05) is 107 Å². The average Bonchev–Trinajstić information content (AvgIpc) is 2.89. The van der Waals surface area contributed by atoms with Gasteiger partial charge >= 0.3 is 0 Å². The zero-order valence-electron chi connectivity index (χ0n) is 17.9. The molecule has 0 radical (unpaired) electrons. The summed E-state index contributed by atoms with van der Waals surface area (Å²) in [5.74, 6) is 0. The highest BCUT2D eigenvalue weighted by Crippen LogP contribution is 2.37. The van der Waals surface area contributed by atoms with Crippen molar-refractivity contribution in [1.82, 2.24) is 4.98 Å². The molecule has 0 amide bonds. The quantitative estimate of drug-likeness (QED) is 0.227. The second kappa shape index (κ2) is 8.31. The van der Waals surface area contributed by atoms with Gasteiger partial charge in [-0.3, -0.25) is 0 Å². The molecule has 0 spiro atoms. The summed E-state index contributed by atoms with van der Waals surface area (Å²) in [6.45, 7) is 0. The minimum absolute atomic E-state index is 0.969. The van der Waals surface area contributed by atoms with E-state index in [9.17, 15) is 0 Å². The first kappa shape index (κ1) is 19.9. The Morgan fingerprint density at radius 1 is 0.455 bits per heavy atom. The fourth-order valence-corrected chi connectivity index (χ4v) is 4.77. The number of rotatable bonds is 3. The number of hydrogen-bond donors (Lipinski definition) is 0. The average molecular weight is 486 g/mol. The Kier molecular flexibility index (Phi) is 5.01. The van der Waals surface area contributed by atoms with Crippen molar-refractivity contribution in [2.45, 2.75) is 0 Å². The smallest absolute Gasteiger partial charge is 0.0715 e. The first-order valence-corrected chi connectivity index (χ1v) is 11.8. The Balaban J connectivity index is 1.66. The molecule has 0 aliphatic heterocycles. The van der Waals surface area contributed by atoms with Gasteiger partial charge in [-0.05, 0) is 63.0 Å². The number of halogens is 1. The first-order chi connectivity index (χ1) is 16.3. The zero-order chi connectivity index (χ0) is 22.2. The number of benzene rings is 5. The number of pyridine rings is 1. The zero-order valence-corrected chi connectivity index (χ0v) is 19.5. The molecular weight excluding hydrogens is 466 g/mol. The van der Waals surface area contributed by atoms with E-state index in [0.717, 1.165) is 27.0 Å². The van der Waals surface area contributed by atoms with Crippen LogP contribution in [-0.2, 0) is 0 Å². The van der Waals surface area contributed by atoms with Crippen LogP contribution in [0, 0.1) is 0 Å². The Morgan fingerprint density at radius 3 is 1.76 bits per heavy atom. The molecule has 0 bridgehead atoms. The molecular formula is C31H20BrN. The third-order valence-electron chi connectivity index (χ3n) is 6.11. The molecule has 156 valence electrons. The van der Waals surface area contributed by atoms with Gasteiger partial charge in [0.25, 0.3) is 0 Å². The molecule has 1 aromatic heterocycles. The summed E-state index contributed by atoms with van der Waals surface area (Å²) in [4.78, 5) is 5.06. The molecule has 6 rings (SSSR count). The lowest BCUT2D eigenvalue weighted by Crippen LogP contribution is -1.92. The van der Waals surface area contributed by atoms with E-state index < -0.39 is 0 Å². The second-order valence-corrected chi connectivity index (χ2v) is 9.11. The van der Waals surface area contributed by atoms with Gasteiger partial charge in [-0.2, -0.15) is 0 Å². The maximum absolute atomic E-state index is 5.06. The molecule has 1 nitrogen and oxygen atoms in total. The van der Waals surface area contributed by atoms with Crippen molar-refractivity contribution in [2.75, 3.05) is 0 Å². The van der Waals surface area contributed by atoms with Gasteiger partial charge in [-0.25, -0.2) is 4.98 Å². The lowest BCUT2D eigenvalue weighted by molar-refractivity contribution is 1.32. The van der Waals surface area contributed by atoms with Gasteiger partial charge in [0.05, 0.1) is 11.4 Å². The SMILES string of the molecule is Brc1ccc(-c2cc(-c3cc4ccccc4c4ccccc34)cc(-c3ccccc3)n2)cc1. The minimum atomic E-state index is 0.969. The fraction of sp³-hybridized carbons (Fsp3) is 0. The van der Waals surface area contributed by atoms with Crippen molar-refractivity contribution in [3.8, 4) is 33.6 Å². The molecule has 1 heterocycles. The summed E-state index contributed by atoms with van der Waals surface area (Å²) in [5, 5.41) is 5.05. The number of aromatic nitrogens is 1. The molecule has 6 aromatic rings. The first-order valence-electron chi connectivity index (χ1n) is 11.0. The van der Waals surface area contributed by atoms with E-state index in [2.05, 4.69) is 131 Å². The van der Waals surface area contributed by atoms with E-state index in [1.165, 1.54) is 32.7 Å². The molecule has 0 saturated carbocycles. The fourth-order valence-electron chi connectivity index (χ4n) is 4.50. The highest BCUT2D eigenvalue weighted by molar-refractivity contribution is 9.10. The van der Waals surface area contributed by atoms with Crippen LogP contribution >= 0.6 is 15.9 Å². The van der Waals surface area contributed by atoms with E-state index >= 15 is 0 Å². The lowest BCUT2D eigenvalue weighted by Gasteiger charge is -2.14. The second-order valence-electron chi connectivity index (χ2n) is 8.19. The Morgan fingerprint density at radius 2 is 1.03 bits per heavy atom. The van der Waals surface area contributed by atoms with Crippen LogP contribution in [0.25, 0.3) is 55.2 Å². The molecule has 0 fully saturated rings. The largest absolute Gasteiger partial charge is 0.248 e. The van der Waals surface area contributed by atoms with Crippen molar-refractivity contribution in [3.63, 3.8) is 0 Å². The highest BCUT2D eigenvalue weighted by atomic mass is 79.9. The molecule has 0 atom stereocenters. The normalized spacial score (nSPS) is 11.2. The summed E-state index contributed by atoms with van der Waals surface area (Å²) in [5.41, 5.74) is 6.55. The van der Waals surface area contributed by atoms with Crippen molar-refractivity contribution < 1.29 is 0 Å². The van der Waals surface area contributed by atoms with Crippen LogP contribution in [-0.4, -0.2) is 4.98 Å². The monoisotopic (exact) mass is 485 g/mol. The van der Waals surface area contributed by atoms with Crippen LogP contribution in [0.1, 0.15) is 0 Å². The Labute approximate surface area is 201 Å². The van der Waals surface area contributed by atoms with Gasteiger partial charge in [0, 0.05) is 15.6 Å². The number of hydrogen-bond acceptors (Lipinski definition) is 1. The van der Waals surface area contributed by atoms with Gasteiger partial charge in [-0.15, -0.1) is 0 Å². The number of fused-ring (bicyclic) bond motifs is 3. The van der Waals surface area contributed by atoms with Crippen molar-refractivity contribution >= 4 is 37.5 Å². The Bertz CT molecular complexity index is 1600. The van der Waals surface area contributed by atoms with Crippen molar-refractivity contribution in [3.05, 3.63) is 126 Å². The van der Waals surface area contributed by atoms with Crippen LogP contribution in [0.5, 0.6) is 0 Å². The molecule has 5 aromatic carbocycles. The van der Waals surface area contributed by atoms with Gasteiger partial charge in [0.2, 0.25) is 0 Å². The third-order valence-corrected chi connectivity index (χ3v) is 6.64. The highest BCUT2D eigenvalue weighted by Gasteiger charge is 2.13. The van der Waals surface area contributed by atoms with Crippen LogP contribution < -0.4 is 0 Å². The van der Waals surface area contributed by atoms with Crippen LogP contribution in [0.15, 0.2) is 126 Å². The van der Waals surface area contributed by atoms with Crippen molar-refractivity contribution in [1.29, 1.82) is 0 Å². The summed E-state index contributed by atoms with van der Waals surface area (Å²) < 4.78 is 1.06. The van der Waals surface area contributed by atoms with Crippen LogP contribution in [0.4, 0.5) is 0 Å². The van der Waals surface area contributed by atoms with Crippen molar-refractivity contribution in [2.24, 2.45) is 0 Å². The van der Waals surface area contributed by atoms with E-state index in [-0.39, 0.29) is 0 Å². The van der Waals surface area contributed by atoms with Gasteiger partial charge < -0.3 is 0 Å². The molecule has 0 N–H and O–H groups in total. The lowest BCUT2D eigenvalue weighted by atomic mass is 9.92. The molecule has 33 heavy (non-hydrogen) atoms. The molecule has 0 saturated heterocycles. The van der Waals surface area contributed by atoms with E-state index in [0.29, 0.717) is 0 Å². The van der Waals surface area contributed by atoms with Gasteiger partial charge in [0.15, 0.2) is 0 Å². The topological polar surface area (TPSA) is 12.9 Å². The molecule has 0 unspecified atom stereocenters. The van der Waals surface area contributed by atoms with Gasteiger partial charge in [0.1, 0.15) is 0 Å². The van der Waals surface area contributed by atoms with E-state index in [1.807, 2.05) is 6.07 Å². The summed E-state index contributed by atoms with van der Waals surface area (Å²) in [6, 6.07) is 42.8. The van der Waals surface area contributed by atoms with Crippen LogP contribution in [0.3, 0.4) is 0 Å². The predicted molar refractivity (Wildman–Crippen MR) is 143 cm³/mol. The maximum atomic E-state index is 5.06. The molecule has 0 aliphatic carbocycles. The minimum Gasteiger partial charge on any atom is -0.248 e. The molecule has 2 heteroatoms. The molecule has 0 aliphatic rings. The summed E-state index contributed by atoms with van der Waals surface area (Å²) >= 11 is 3.55. The summed E-state index contributed by atoms with van der Waals surface area (Å²) in [6.07, 6.45) is 0. The number of nitrogens with zero attached hydrogens (tertiary/aromatic N) is 1. The standard InChI is InChI=1S/C31H20BrN/c32-25-16-14-22(15-17-25)31-20-24(19-30(33-31)21-8-2-1-3-9-21)29-18-23-10-4-5-11-26(23)27-12-6-7-13-28(27)29/h1-20H. The van der Waals surface area contributed by atoms with Crippen LogP contribution in [0.2, 0.25) is 0 Å². The van der Waals surface area contributed by atoms with E-state index in [1.54, 1.807) is 0 Å². The van der Waals surface area contributed by atoms with E-state index in [4.69, 9.17) is 4.98 Å².